The van der Waals surface area contributed by atoms with Crippen molar-refractivity contribution < 1.29 is 0 Å². The summed E-state index contributed by atoms with van der Waals surface area (Å²) >= 11 is 0. The minimum atomic E-state index is 0.504. The van der Waals surface area contributed by atoms with Gasteiger partial charge in [-0.3, -0.25) is 19.6 Å². The molecule has 4 nitrogen and oxygen atoms in total. The van der Waals surface area contributed by atoms with Gasteiger partial charge < -0.3 is 0 Å². The number of hydrogen-bond acceptors (Lipinski definition) is 4. The van der Waals surface area contributed by atoms with Gasteiger partial charge in [-0.05, 0) is 17.8 Å². The van der Waals surface area contributed by atoms with Crippen LogP contribution in [-0.4, -0.2) is 84.8 Å². The van der Waals surface area contributed by atoms with E-state index in [1.165, 1.54) is 58.9 Å². The van der Waals surface area contributed by atoms with Gasteiger partial charge in [0.05, 0.1) is 0 Å². The predicted octanol–water partition coefficient (Wildman–Crippen LogP) is 2.47. The van der Waals surface area contributed by atoms with Crippen LogP contribution in [-0.2, 0) is 0 Å². The van der Waals surface area contributed by atoms with Crippen molar-refractivity contribution in [3.8, 4) is 0 Å². The molecule has 0 aromatic heterocycles. The van der Waals surface area contributed by atoms with E-state index < -0.39 is 0 Å². The van der Waals surface area contributed by atoms with Crippen molar-refractivity contribution in [1.82, 2.24) is 19.6 Å². The van der Waals surface area contributed by atoms with Crippen molar-refractivity contribution in [2.24, 2.45) is 17.8 Å². The number of hydrogen-bond donors (Lipinski definition) is 0. The summed E-state index contributed by atoms with van der Waals surface area (Å²) in [6.45, 7) is 25.2. The van der Waals surface area contributed by atoms with Crippen molar-refractivity contribution in [3.63, 3.8) is 0 Å². The highest BCUT2D eigenvalue weighted by molar-refractivity contribution is 4.85. The third-order valence-electron chi connectivity index (χ3n) is 4.89. The summed E-state index contributed by atoms with van der Waals surface area (Å²) in [4.78, 5) is 11.0. The topological polar surface area (TPSA) is 13.0 Å². The first-order valence-electron chi connectivity index (χ1n) is 9.81. The Bertz CT molecular complexity index is 290. The van der Waals surface area contributed by atoms with E-state index in [-0.39, 0.29) is 0 Å². The van der Waals surface area contributed by atoms with Crippen molar-refractivity contribution in [2.75, 3.05) is 58.9 Å². The molecule has 3 saturated heterocycles. The van der Waals surface area contributed by atoms with Crippen molar-refractivity contribution in [1.29, 1.82) is 0 Å². The summed E-state index contributed by atoms with van der Waals surface area (Å²) < 4.78 is 0. The Morgan fingerprint density at radius 3 is 1.13 bits per heavy atom. The maximum Gasteiger partial charge on any atom is 0.119 e. The highest BCUT2D eigenvalue weighted by Crippen LogP contribution is 2.21. The van der Waals surface area contributed by atoms with Crippen LogP contribution in [0.3, 0.4) is 0 Å². The lowest BCUT2D eigenvalue weighted by molar-refractivity contribution is -0.116. The molecule has 3 fully saturated rings. The van der Waals surface area contributed by atoms with Gasteiger partial charge in [0.2, 0.25) is 0 Å². The average Bonchev–Trinajstić information content (AvgIpc) is 2.38. The molecule has 3 aliphatic rings. The summed E-state index contributed by atoms with van der Waals surface area (Å²) in [5, 5.41) is 0. The molecule has 0 radical (unpaired) electrons. The molecule has 0 amide bonds. The second-order valence-electron chi connectivity index (χ2n) is 8.85. The predicted molar refractivity (Wildman–Crippen MR) is 99.5 cm³/mol. The SMILES string of the molecule is CC(C)CN1CCN2CCN(CC(C)C)C1N(CC(C)C)CC2. The average molecular weight is 325 g/mol. The Labute approximate surface area is 144 Å². The fourth-order valence-electron chi connectivity index (χ4n) is 4.15. The van der Waals surface area contributed by atoms with Crippen LogP contribution in [0.1, 0.15) is 41.5 Å². The largest absolute Gasteiger partial charge is 0.300 e. The molecule has 0 atom stereocenters. The lowest BCUT2D eigenvalue weighted by Gasteiger charge is -2.52. The van der Waals surface area contributed by atoms with Crippen LogP contribution in [0.2, 0.25) is 0 Å². The fourth-order valence-corrected chi connectivity index (χ4v) is 4.15. The van der Waals surface area contributed by atoms with Crippen molar-refractivity contribution in [3.05, 3.63) is 0 Å². The van der Waals surface area contributed by atoms with Gasteiger partial charge in [-0.25, -0.2) is 0 Å². The van der Waals surface area contributed by atoms with E-state index >= 15 is 0 Å². The van der Waals surface area contributed by atoms with Gasteiger partial charge in [0.15, 0.2) is 0 Å². The first kappa shape index (κ1) is 19.2. The van der Waals surface area contributed by atoms with Crippen LogP contribution in [0, 0.1) is 17.8 Å². The molecule has 4 heteroatoms. The Hall–Kier alpha value is -0.160. The Morgan fingerprint density at radius 2 is 0.870 bits per heavy atom. The van der Waals surface area contributed by atoms with Crippen LogP contribution < -0.4 is 0 Å². The number of nitrogens with zero attached hydrogens (tertiary/aromatic N) is 4. The first-order chi connectivity index (χ1) is 10.9. The van der Waals surface area contributed by atoms with Gasteiger partial charge >= 0.3 is 0 Å². The zero-order chi connectivity index (χ0) is 17.0. The molecule has 0 spiro atoms. The lowest BCUT2D eigenvalue weighted by Crippen LogP contribution is -2.67. The maximum absolute atomic E-state index is 2.76. The van der Waals surface area contributed by atoms with E-state index in [0.29, 0.717) is 6.29 Å². The highest BCUT2D eigenvalue weighted by Gasteiger charge is 2.35. The van der Waals surface area contributed by atoms with Gasteiger partial charge in [-0.1, -0.05) is 41.5 Å². The zero-order valence-corrected chi connectivity index (χ0v) is 16.5. The van der Waals surface area contributed by atoms with Gasteiger partial charge in [0.1, 0.15) is 6.29 Å². The van der Waals surface area contributed by atoms with Gasteiger partial charge in [-0.2, -0.15) is 0 Å². The molecule has 3 rings (SSSR count). The van der Waals surface area contributed by atoms with Crippen molar-refractivity contribution in [2.45, 2.75) is 47.8 Å². The van der Waals surface area contributed by atoms with E-state index in [4.69, 9.17) is 0 Å². The Morgan fingerprint density at radius 1 is 0.565 bits per heavy atom. The van der Waals surface area contributed by atoms with Crippen LogP contribution in [0.25, 0.3) is 0 Å². The maximum atomic E-state index is 2.76. The minimum absolute atomic E-state index is 0.504. The van der Waals surface area contributed by atoms with Crippen LogP contribution in [0.5, 0.6) is 0 Å². The molecule has 0 aromatic rings. The quantitative estimate of drug-likeness (QED) is 0.744. The molecule has 136 valence electrons. The Balaban J connectivity index is 2.26. The van der Waals surface area contributed by atoms with Crippen molar-refractivity contribution >= 4 is 0 Å². The lowest BCUT2D eigenvalue weighted by atomic mass is 10.1. The zero-order valence-electron chi connectivity index (χ0n) is 16.5. The third kappa shape index (κ3) is 5.70. The number of fused-ring (bicyclic) bond motifs is 6. The monoisotopic (exact) mass is 324 g/mol. The van der Waals surface area contributed by atoms with Gasteiger partial charge in [-0.15, -0.1) is 0 Å². The second-order valence-corrected chi connectivity index (χ2v) is 8.85. The summed E-state index contributed by atoms with van der Waals surface area (Å²) in [6, 6.07) is 0. The first-order valence-corrected chi connectivity index (χ1v) is 9.81. The normalized spacial score (nSPS) is 28.6. The van der Waals surface area contributed by atoms with Crippen LogP contribution >= 0.6 is 0 Å². The van der Waals surface area contributed by atoms with E-state index in [2.05, 4.69) is 61.1 Å². The Kier molecular flexibility index (Phi) is 7.33. The molecule has 2 bridgehead atoms. The van der Waals surface area contributed by atoms with E-state index in [9.17, 15) is 0 Å². The summed E-state index contributed by atoms with van der Waals surface area (Å²) in [5.41, 5.74) is 0. The molecule has 0 aliphatic carbocycles. The van der Waals surface area contributed by atoms with Gasteiger partial charge in [0.25, 0.3) is 0 Å². The fraction of sp³-hybridized carbons (Fsp3) is 1.00. The molecule has 0 N–H and O–H groups in total. The molecule has 3 aliphatic heterocycles. The molecular weight excluding hydrogens is 284 g/mol. The second kappa shape index (κ2) is 8.80. The summed E-state index contributed by atoms with van der Waals surface area (Å²) in [7, 11) is 0. The van der Waals surface area contributed by atoms with Crippen LogP contribution in [0.4, 0.5) is 0 Å². The summed E-state index contributed by atoms with van der Waals surface area (Å²) in [6.07, 6.45) is 0.504. The number of rotatable bonds is 6. The third-order valence-corrected chi connectivity index (χ3v) is 4.89. The van der Waals surface area contributed by atoms with Crippen LogP contribution in [0.15, 0.2) is 0 Å². The van der Waals surface area contributed by atoms with E-state index in [1.807, 2.05) is 0 Å². The van der Waals surface area contributed by atoms with E-state index in [1.54, 1.807) is 0 Å². The molecule has 23 heavy (non-hydrogen) atoms. The highest BCUT2D eigenvalue weighted by atomic mass is 15.5. The summed E-state index contributed by atoms with van der Waals surface area (Å²) in [5.74, 6) is 2.19. The standard InChI is InChI=1S/C19H40N4/c1-16(2)13-21-10-7-20-8-11-22(14-17(3)4)19(21)23(12-9-20)15-18(5)6/h16-19H,7-15H2,1-6H3. The molecule has 3 heterocycles. The molecule has 0 saturated carbocycles. The minimum Gasteiger partial charge on any atom is -0.300 e. The van der Waals surface area contributed by atoms with E-state index in [0.717, 1.165) is 17.8 Å². The molecule has 0 aromatic carbocycles. The molecule has 0 unspecified atom stereocenters. The van der Waals surface area contributed by atoms with Gasteiger partial charge in [0, 0.05) is 58.9 Å². The smallest absolute Gasteiger partial charge is 0.119 e. The molecular formula is C19H40N4.